The van der Waals surface area contributed by atoms with Gasteiger partial charge in [0, 0.05) is 12.0 Å². The monoisotopic (exact) mass is 271 g/mol. The summed E-state index contributed by atoms with van der Waals surface area (Å²) in [6, 6.07) is 1.54. The SMILES string of the molecule is CCC(C)(OC)C(=O)Nc1sc(C)cc1C(=O)O. The average molecular weight is 271 g/mol. The van der Waals surface area contributed by atoms with Gasteiger partial charge in [0.2, 0.25) is 0 Å². The smallest absolute Gasteiger partial charge is 0.338 e. The fourth-order valence-corrected chi connectivity index (χ4v) is 2.30. The Kier molecular flexibility index (Phi) is 4.48. The number of nitrogens with one attached hydrogen (secondary N) is 1. The molecule has 100 valence electrons. The molecular formula is C12H17NO4S. The van der Waals surface area contributed by atoms with Crippen LogP contribution in [0.15, 0.2) is 6.07 Å². The zero-order valence-electron chi connectivity index (χ0n) is 10.9. The first kappa shape index (κ1) is 14.7. The van der Waals surface area contributed by atoms with Gasteiger partial charge in [-0.05, 0) is 26.3 Å². The third-order valence-electron chi connectivity index (χ3n) is 2.92. The summed E-state index contributed by atoms with van der Waals surface area (Å²) in [6.45, 7) is 5.30. The molecule has 1 amide bonds. The van der Waals surface area contributed by atoms with E-state index in [0.717, 1.165) is 4.88 Å². The Morgan fingerprint density at radius 3 is 2.61 bits per heavy atom. The van der Waals surface area contributed by atoms with Crippen molar-refractivity contribution in [2.75, 3.05) is 12.4 Å². The van der Waals surface area contributed by atoms with Gasteiger partial charge in [-0.15, -0.1) is 11.3 Å². The Labute approximate surface area is 110 Å². The highest BCUT2D eigenvalue weighted by molar-refractivity contribution is 7.16. The van der Waals surface area contributed by atoms with Crippen LogP contribution < -0.4 is 5.32 Å². The van der Waals surface area contributed by atoms with Gasteiger partial charge in [0.15, 0.2) is 0 Å². The van der Waals surface area contributed by atoms with Gasteiger partial charge in [0.1, 0.15) is 10.6 Å². The number of aromatic carboxylic acids is 1. The predicted octanol–water partition coefficient (Wildman–Crippen LogP) is 2.51. The van der Waals surface area contributed by atoms with Crippen molar-refractivity contribution in [1.82, 2.24) is 0 Å². The Morgan fingerprint density at radius 1 is 1.56 bits per heavy atom. The summed E-state index contributed by atoms with van der Waals surface area (Å²) in [4.78, 5) is 23.9. The normalized spacial score (nSPS) is 14.0. The third kappa shape index (κ3) is 2.88. The number of methoxy groups -OCH3 is 1. The van der Waals surface area contributed by atoms with Gasteiger partial charge in [0.25, 0.3) is 5.91 Å². The zero-order chi connectivity index (χ0) is 13.9. The van der Waals surface area contributed by atoms with Crippen LogP contribution in [0.5, 0.6) is 0 Å². The molecule has 1 atom stereocenters. The van der Waals surface area contributed by atoms with Crippen molar-refractivity contribution in [2.45, 2.75) is 32.8 Å². The molecule has 0 saturated carbocycles. The molecule has 1 rings (SSSR count). The van der Waals surface area contributed by atoms with Gasteiger partial charge >= 0.3 is 5.97 Å². The van der Waals surface area contributed by atoms with Crippen LogP contribution in [-0.2, 0) is 9.53 Å². The molecule has 1 unspecified atom stereocenters. The molecule has 0 fully saturated rings. The third-order valence-corrected chi connectivity index (χ3v) is 3.88. The molecule has 0 saturated heterocycles. The summed E-state index contributed by atoms with van der Waals surface area (Å²) in [5, 5.41) is 12.0. The number of carbonyl (C=O) groups is 2. The Bertz CT molecular complexity index is 463. The van der Waals surface area contributed by atoms with Crippen LogP contribution in [0.4, 0.5) is 5.00 Å². The van der Waals surface area contributed by atoms with Crippen LogP contribution >= 0.6 is 11.3 Å². The van der Waals surface area contributed by atoms with Gasteiger partial charge in [0.05, 0.1) is 5.56 Å². The molecule has 18 heavy (non-hydrogen) atoms. The standard InChI is InChI=1S/C12H17NO4S/c1-5-12(3,17-4)11(16)13-9-8(10(14)15)6-7(2)18-9/h6H,5H2,1-4H3,(H,13,16)(H,14,15). The Hall–Kier alpha value is -1.40. The Balaban J connectivity index is 2.98. The lowest BCUT2D eigenvalue weighted by molar-refractivity contribution is -0.136. The summed E-state index contributed by atoms with van der Waals surface area (Å²) in [5.41, 5.74) is -0.839. The van der Waals surface area contributed by atoms with Gasteiger partial charge in [-0.2, -0.15) is 0 Å². The predicted molar refractivity (Wildman–Crippen MR) is 70.4 cm³/mol. The summed E-state index contributed by atoms with van der Waals surface area (Å²) < 4.78 is 5.17. The quantitative estimate of drug-likeness (QED) is 0.862. The van der Waals surface area contributed by atoms with Crippen molar-refractivity contribution in [3.05, 3.63) is 16.5 Å². The lowest BCUT2D eigenvalue weighted by Gasteiger charge is -2.24. The molecule has 0 spiro atoms. The Morgan fingerprint density at radius 2 is 2.17 bits per heavy atom. The van der Waals surface area contributed by atoms with Crippen LogP contribution in [0.25, 0.3) is 0 Å². The van der Waals surface area contributed by atoms with Crippen LogP contribution in [0.1, 0.15) is 35.5 Å². The molecule has 0 radical (unpaired) electrons. The fraction of sp³-hybridized carbons (Fsp3) is 0.500. The number of anilines is 1. The average Bonchev–Trinajstić information content (AvgIpc) is 2.69. The van der Waals surface area contributed by atoms with Crippen molar-refractivity contribution in [1.29, 1.82) is 0 Å². The highest BCUT2D eigenvalue weighted by Crippen LogP contribution is 2.29. The number of thiophene rings is 1. The van der Waals surface area contributed by atoms with E-state index in [9.17, 15) is 9.59 Å². The van der Waals surface area contributed by atoms with Crippen molar-refractivity contribution in [3.8, 4) is 0 Å². The van der Waals surface area contributed by atoms with E-state index in [1.165, 1.54) is 18.4 Å². The maximum Gasteiger partial charge on any atom is 0.338 e. The molecule has 0 aromatic carbocycles. The van der Waals surface area contributed by atoms with E-state index < -0.39 is 11.6 Å². The molecular weight excluding hydrogens is 254 g/mol. The lowest BCUT2D eigenvalue weighted by atomic mass is 10.0. The first-order chi connectivity index (χ1) is 8.34. The van der Waals surface area contributed by atoms with E-state index in [1.807, 2.05) is 6.92 Å². The van der Waals surface area contributed by atoms with Gasteiger partial charge in [-0.25, -0.2) is 4.79 Å². The highest BCUT2D eigenvalue weighted by atomic mass is 32.1. The minimum absolute atomic E-state index is 0.111. The number of hydrogen-bond acceptors (Lipinski definition) is 4. The molecule has 0 bridgehead atoms. The van der Waals surface area contributed by atoms with E-state index in [2.05, 4.69) is 5.32 Å². The minimum atomic E-state index is -1.05. The van der Waals surface area contributed by atoms with Crippen LogP contribution in [0.3, 0.4) is 0 Å². The van der Waals surface area contributed by atoms with E-state index in [0.29, 0.717) is 11.4 Å². The summed E-state index contributed by atoms with van der Waals surface area (Å²) in [5.74, 6) is -1.39. The maximum absolute atomic E-state index is 12.1. The number of rotatable bonds is 5. The van der Waals surface area contributed by atoms with Crippen molar-refractivity contribution in [3.63, 3.8) is 0 Å². The number of carbonyl (C=O) groups excluding carboxylic acids is 1. The second-order valence-electron chi connectivity index (χ2n) is 4.15. The van der Waals surface area contributed by atoms with E-state index in [4.69, 9.17) is 9.84 Å². The highest BCUT2D eigenvalue weighted by Gasteiger charge is 2.32. The number of aryl methyl sites for hydroxylation is 1. The molecule has 0 aliphatic heterocycles. The summed E-state index contributed by atoms with van der Waals surface area (Å²) in [7, 11) is 1.46. The molecule has 1 heterocycles. The van der Waals surface area contributed by atoms with E-state index in [1.54, 1.807) is 19.9 Å². The van der Waals surface area contributed by atoms with Crippen molar-refractivity contribution in [2.24, 2.45) is 0 Å². The first-order valence-electron chi connectivity index (χ1n) is 5.54. The summed E-state index contributed by atoms with van der Waals surface area (Å²) >= 11 is 1.24. The number of carboxylic acids is 1. The van der Waals surface area contributed by atoms with Gasteiger partial charge in [-0.3, -0.25) is 4.79 Å². The number of carboxylic acid groups (broad SMARTS) is 1. The van der Waals surface area contributed by atoms with Crippen LogP contribution in [0.2, 0.25) is 0 Å². The zero-order valence-corrected chi connectivity index (χ0v) is 11.7. The topological polar surface area (TPSA) is 75.6 Å². The second-order valence-corrected chi connectivity index (χ2v) is 5.40. The number of amides is 1. The lowest BCUT2D eigenvalue weighted by Crippen LogP contribution is -2.41. The van der Waals surface area contributed by atoms with E-state index >= 15 is 0 Å². The molecule has 5 nitrogen and oxygen atoms in total. The molecule has 0 aliphatic carbocycles. The number of ether oxygens (including phenoxy) is 1. The van der Waals surface area contributed by atoms with Gasteiger partial charge in [-0.1, -0.05) is 6.92 Å². The molecule has 0 aliphatic rings. The largest absolute Gasteiger partial charge is 0.478 e. The van der Waals surface area contributed by atoms with E-state index in [-0.39, 0.29) is 11.5 Å². The molecule has 1 aromatic heterocycles. The number of hydrogen-bond donors (Lipinski definition) is 2. The molecule has 2 N–H and O–H groups in total. The minimum Gasteiger partial charge on any atom is -0.478 e. The summed E-state index contributed by atoms with van der Waals surface area (Å²) in [6.07, 6.45) is 0.502. The van der Waals surface area contributed by atoms with Gasteiger partial charge < -0.3 is 15.2 Å². The first-order valence-corrected chi connectivity index (χ1v) is 6.36. The molecule has 6 heteroatoms. The second kappa shape index (κ2) is 5.49. The van der Waals surface area contributed by atoms with Crippen molar-refractivity contribution < 1.29 is 19.4 Å². The fourth-order valence-electron chi connectivity index (χ4n) is 1.40. The van der Waals surface area contributed by atoms with Crippen LogP contribution in [-0.4, -0.2) is 29.7 Å². The van der Waals surface area contributed by atoms with Crippen LogP contribution in [0, 0.1) is 6.92 Å². The maximum atomic E-state index is 12.1. The van der Waals surface area contributed by atoms with Crippen molar-refractivity contribution >= 4 is 28.2 Å². The molecule has 1 aromatic rings.